The minimum atomic E-state index is -3.86. The SMILES string of the molecule is CC(C)CCC(=O)N([C@H](Cc1ccccc1)C(=O)NOCc1ccccc1)N(CC(C)C)S(C)(=O)=O. The van der Waals surface area contributed by atoms with E-state index in [0.29, 0.717) is 6.42 Å². The topological polar surface area (TPSA) is 96.0 Å². The van der Waals surface area contributed by atoms with E-state index in [1.54, 1.807) is 0 Å². The van der Waals surface area contributed by atoms with Gasteiger partial charge in [-0.05, 0) is 29.4 Å². The van der Waals surface area contributed by atoms with Crippen molar-refractivity contribution in [2.75, 3.05) is 12.8 Å². The quantitative estimate of drug-likeness (QED) is 0.383. The van der Waals surface area contributed by atoms with Gasteiger partial charge in [0, 0.05) is 19.4 Å². The van der Waals surface area contributed by atoms with Gasteiger partial charge in [-0.3, -0.25) is 14.4 Å². The smallest absolute Gasteiger partial charge is 0.268 e. The summed E-state index contributed by atoms with van der Waals surface area (Å²) in [6, 6.07) is 17.4. The van der Waals surface area contributed by atoms with E-state index in [4.69, 9.17) is 4.84 Å². The Kier molecular flexibility index (Phi) is 11.6. The van der Waals surface area contributed by atoms with Crippen LogP contribution in [0.5, 0.6) is 0 Å². The molecule has 0 heterocycles. The van der Waals surface area contributed by atoms with Gasteiger partial charge in [-0.25, -0.2) is 18.9 Å². The molecule has 0 aromatic heterocycles. The summed E-state index contributed by atoms with van der Waals surface area (Å²) in [5.41, 5.74) is 4.11. The summed E-state index contributed by atoms with van der Waals surface area (Å²) in [4.78, 5) is 32.5. The molecular weight excluding hydrogens is 478 g/mol. The molecule has 1 atom stereocenters. The maximum atomic E-state index is 13.5. The van der Waals surface area contributed by atoms with Crippen molar-refractivity contribution in [2.24, 2.45) is 11.8 Å². The van der Waals surface area contributed by atoms with Crippen LogP contribution in [0.4, 0.5) is 0 Å². The highest BCUT2D eigenvalue weighted by Crippen LogP contribution is 2.20. The fourth-order valence-electron chi connectivity index (χ4n) is 3.64. The normalized spacial score (nSPS) is 12.7. The summed E-state index contributed by atoms with van der Waals surface area (Å²) < 4.78 is 26.8. The lowest BCUT2D eigenvalue weighted by molar-refractivity contribution is -0.158. The third-order valence-corrected chi connectivity index (χ3v) is 6.55. The molecule has 36 heavy (non-hydrogen) atoms. The summed E-state index contributed by atoms with van der Waals surface area (Å²) in [6.45, 7) is 7.91. The number of hydrogen-bond acceptors (Lipinski definition) is 5. The molecule has 0 radical (unpaired) electrons. The number of amides is 2. The van der Waals surface area contributed by atoms with Crippen molar-refractivity contribution < 1.29 is 22.8 Å². The highest BCUT2D eigenvalue weighted by molar-refractivity contribution is 7.88. The Hall–Kier alpha value is -2.75. The number of sulfonamides is 1. The second-order valence-corrected chi connectivity index (χ2v) is 11.7. The Balaban J connectivity index is 2.43. The molecule has 2 aromatic rings. The van der Waals surface area contributed by atoms with Crippen molar-refractivity contribution in [2.45, 2.75) is 59.6 Å². The maximum absolute atomic E-state index is 13.5. The maximum Gasteiger partial charge on any atom is 0.268 e. The second kappa shape index (κ2) is 14.1. The third-order valence-electron chi connectivity index (χ3n) is 5.46. The van der Waals surface area contributed by atoms with Gasteiger partial charge in [0.05, 0.1) is 12.9 Å². The van der Waals surface area contributed by atoms with E-state index in [-0.39, 0.29) is 37.8 Å². The van der Waals surface area contributed by atoms with Gasteiger partial charge in [-0.15, -0.1) is 4.41 Å². The molecule has 0 aliphatic carbocycles. The molecule has 0 saturated carbocycles. The molecule has 0 fully saturated rings. The molecule has 0 aliphatic heterocycles. The lowest BCUT2D eigenvalue weighted by Gasteiger charge is -2.39. The van der Waals surface area contributed by atoms with Crippen molar-refractivity contribution >= 4 is 21.8 Å². The Morgan fingerprint density at radius 2 is 1.44 bits per heavy atom. The van der Waals surface area contributed by atoms with E-state index in [1.165, 1.54) is 0 Å². The van der Waals surface area contributed by atoms with E-state index in [1.807, 2.05) is 88.4 Å². The first kappa shape index (κ1) is 29.5. The van der Waals surface area contributed by atoms with Gasteiger partial charge in [0.2, 0.25) is 15.9 Å². The van der Waals surface area contributed by atoms with Gasteiger partial charge in [0.15, 0.2) is 0 Å². The molecule has 2 amide bonds. The monoisotopic (exact) mass is 517 g/mol. The van der Waals surface area contributed by atoms with Crippen LogP contribution in [0.2, 0.25) is 0 Å². The van der Waals surface area contributed by atoms with Gasteiger partial charge in [0.1, 0.15) is 6.04 Å². The average molecular weight is 518 g/mol. The first-order valence-electron chi connectivity index (χ1n) is 12.3. The van der Waals surface area contributed by atoms with Crippen LogP contribution in [0.25, 0.3) is 0 Å². The van der Waals surface area contributed by atoms with Crippen LogP contribution in [0.1, 0.15) is 51.7 Å². The van der Waals surface area contributed by atoms with Gasteiger partial charge < -0.3 is 0 Å². The summed E-state index contributed by atoms with van der Waals surface area (Å²) >= 11 is 0. The molecule has 1 N–H and O–H groups in total. The highest BCUT2D eigenvalue weighted by Gasteiger charge is 2.38. The Morgan fingerprint density at radius 1 is 0.889 bits per heavy atom. The molecule has 0 bridgehead atoms. The minimum absolute atomic E-state index is 0.0652. The predicted octanol–water partition coefficient (Wildman–Crippen LogP) is 3.94. The van der Waals surface area contributed by atoms with Crippen LogP contribution in [0.15, 0.2) is 60.7 Å². The Labute approximate surface area is 215 Å². The van der Waals surface area contributed by atoms with Crippen LogP contribution in [0, 0.1) is 11.8 Å². The second-order valence-electron chi connectivity index (χ2n) is 9.78. The summed E-state index contributed by atoms with van der Waals surface area (Å²) in [5, 5.41) is 1.13. The van der Waals surface area contributed by atoms with Gasteiger partial charge in [0.25, 0.3) is 5.91 Å². The fraction of sp³-hybridized carbons (Fsp3) is 0.481. The predicted molar refractivity (Wildman–Crippen MR) is 141 cm³/mol. The number of hydrazine groups is 1. The van der Waals surface area contributed by atoms with E-state index in [2.05, 4.69) is 5.48 Å². The molecular formula is C27H39N3O5S. The lowest BCUT2D eigenvalue weighted by atomic mass is 10.0. The molecule has 0 aliphatic rings. The number of nitrogens with zero attached hydrogens (tertiary/aromatic N) is 2. The number of hydrogen-bond donors (Lipinski definition) is 1. The van der Waals surface area contributed by atoms with Crippen molar-refractivity contribution in [3.05, 3.63) is 71.8 Å². The molecule has 0 spiro atoms. The number of rotatable bonds is 14. The van der Waals surface area contributed by atoms with Gasteiger partial charge >= 0.3 is 0 Å². The zero-order chi connectivity index (χ0) is 26.7. The first-order chi connectivity index (χ1) is 17.0. The molecule has 0 saturated heterocycles. The van der Waals surface area contributed by atoms with Crippen molar-refractivity contribution in [3.63, 3.8) is 0 Å². The number of hydroxylamine groups is 1. The summed E-state index contributed by atoms with van der Waals surface area (Å²) in [5.74, 6) is -0.850. The number of carbonyl (C=O) groups is 2. The van der Waals surface area contributed by atoms with Crippen molar-refractivity contribution in [3.8, 4) is 0 Å². The van der Waals surface area contributed by atoms with Crippen LogP contribution in [0.3, 0.4) is 0 Å². The largest absolute Gasteiger partial charge is 0.273 e. The molecule has 2 rings (SSSR count). The molecule has 0 unspecified atom stereocenters. The first-order valence-corrected chi connectivity index (χ1v) is 14.1. The Morgan fingerprint density at radius 3 is 1.94 bits per heavy atom. The molecule has 2 aromatic carbocycles. The number of nitrogens with one attached hydrogen (secondary N) is 1. The summed E-state index contributed by atoms with van der Waals surface area (Å²) in [6.07, 6.45) is 1.87. The van der Waals surface area contributed by atoms with E-state index in [9.17, 15) is 18.0 Å². The van der Waals surface area contributed by atoms with Gasteiger partial charge in [-0.2, -0.15) is 0 Å². The third kappa shape index (κ3) is 9.72. The standard InChI is InChI=1S/C27H39N3O5S/c1-21(2)16-17-26(31)30(29(19-22(3)4)36(5,33)34)25(18-23-12-8-6-9-13-23)27(32)28-35-20-24-14-10-7-11-15-24/h6-15,21-22,25H,16-20H2,1-5H3,(H,28,32)/t25-/m1/s1. The number of benzene rings is 2. The van der Waals surface area contributed by atoms with Crippen LogP contribution >= 0.6 is 0 Å². The Bertz CT molecular complexity index is 1060. The van der Waals surface area contributed by atoms with E-state index < -0.39 is 27.9 Å². The molecule has 9 heteroatoms. The van der Waals surface area contributed by atoms with Gasteiger partial charge in [-0.1, -0.05) is 88.4 Å². The zero-order valence-corrected chi connectivity index (χ0v) is 22.7. The van der Waals surface area contributed by atoms with Crippen LogP contribution in [-0.4, -0.2) is 48.5 Å². The number of carbonyl (C=O) groups excluding carboxylic acids is 2. The van der Waals surface area contributed by atoms with Crippen LogP contribution < -0.4 is 5.48 Å². The van der Waals surface area contributed by atoms with Crippen molar-refractivity contribution in [1.82, 2.24) is 14.9 Å². The molecule has 8 nitrogen and oxygen atoms in total. The van der Waals surface area contributed by atoms with Crippen LogP contribution in [-0.2, 0) is 37.5 Å². The minimum Gasteiger partial charge on any atom is -0.273 e. The fourth-order valence-corrected chi connectivity index (χ4v) is 4.73. The van der Waals surface area contributed by atoms with E-state index >= 15 is 0 Å². The molecule has 198 valence electrons. The lowest BCUT2D eigenvalue weighted by Crippen LogP contribution is -2.60. The summed E-state index contributed by atoms with van der Waals surface area (Å²) in [7, 11) is -3.86. The zero-order valence-electron chi connectivity index (χ0n) is 21.9. The van der Waals surface area contributed by atoms with Crippen molar-refractivity contribution in [1.29, 1.82) is 0 Å². The van der Waals surface area contributed by atoms with E-state index in [0.717, 1.165) is 26.8 Å². The average Bonchev–Trinajstić information content (AvgIpc) is 2.82. The highest BCUT2D eigenvalue weighted by atomic mass is 32.2.